The summed E-state index contributed by atoms with van der Waals surface area (Å²) in [7, 11) is -0.993. The van der Waals surface area contributed by atoms with Gasteiger partial charge in [0, 0.05) is 37.6 Å². The van der Waals surface area contributed by atoms with Gasteiger partial charge in [-0.2, -0.15) is 5.10 Å². The number of pyridine rings is 1. The summed E-state index contributed by atoms with van der Waals surface area (Å²) in [6, 6.07) is 13.2. The van der Waals surface area contributed by atoms with Crippen molar-refractivity contribution in [2.45, 2.75) is 11.8 Å². The SMILES string of the molecule is CCOC(=O)c1nnc2c(-c3ccc(F)c(O)c3)c(-c3ccncc3)nn2c1-c1cccc(S(=O)(=O)N(C)C)c1. The molecular formula is C27H23FN6O5S. The first-order valence-electron chi connectivity index (χ1n) is 12.0. The van der Waals surface area contributed by atoms with Crippen LogP contribution in [0.15, 0.2) is 71.9 Å². The molecule has 0 aliphatic carbocycles. The van der Waals surface area contributed by atoms with Crippen LogP contribution in [-0.4, -0.2) is 69.3 Å². The molecular weight excluding hydrogens is 539 g/mol. The van der Waals surface area contributed by atoms with Crippen molar-refractivity contribution in [3.63, 3.8) is 0 Å². The number of hydrogen-bond donors (Lipinski definition) is 1. The Hall–Kier alpha value is -4.75. The predicted octanol–water partition coefficient (Wildman–Crippen LogP) is 3.79. The van der Waals surface area contributed by atoms with Crippen molar-refractivity contribution < 1.29 is 27.4 Å². The zero-order valence-electron chi connectivity index (χ0n) is 21.6. The van der Waals surface area contributed by atoms with Gasteiger partial charge in [-0.15, -0.1) is 10.2 Å². The van der Waals surface area contributed by atoms with Crippen molar-refractivity contribution in [2.75, 3.05) is 20.7 Å². The van der Waals surface area contributed by atoms with Crippen LogP contribution < -0.4 is 0 Å². The fourth-order valence-corrected chi connectivity index (χ4v) is 5.11. The molecule has 5 rings (SSSR count). The second-order valence-electron chi connectivity index (χ2n) is 8.79. The molecule has 0 aliphatic rings. The van der Waals surface area contributed by atoms with Crippen LogP contribution >= 0.6 is 0 Å². The molecule has 0 radical (unpaired) electrons. The average molecular weight is 563 g/mol. The zero-order valence-corrected chi connectivity index (χ0v) is 22.4. The molecule has 40 heavy (non-hydrogen) atoms. The lowest BCUT2D eigenvalue weighted by atomic mass is 10.0. The fraction of sp³-hybridized carbons (Fsp3) is 0.148. The number of sulfonamides is 1. The number of aromatic nitrogens is 5. The van der Waals surface area contributed by atoms with E-state index < -0.39 is 27.6 Å². The Morgan fingerprint density at radius 2 is 1.77 bits per heavy atom. The van der Waals surface area contributed by atoms with Gasteiger partial charge in [0.05, 0.1) is 17.1 Å². The van der Waals surface area contributed by atoms with Gasteiger partial charge < -0.3 is 9.84 Å². The van der Waals surface area contributed by atoms with Gasteiger partial charge in [0.1, 0.15) is 11.4 Å². The summed E-state index contributed by atoms with van der Waals surface area (Å²) in [4.78, 5) is 17.0. The number of carbonyl (C=O) groups excluding carboxylic acids is 1. The van der Waals surface area contributed by atoms with Crippen molar-refractivity contribution in [1.29, 1.82) is 0 Å². The number of carbonyl (C=O) groups is 1. The van der Waals surface area contributed by atoms with Gasteiger partial charge in [0.15, 0.2) is 22.9 Å². The van der Waals surface area contributed by atoms with Crippen LogP contribution in [0.3, 0.4) is 0 Å². The van der Waals surface area contributed by atoms with Crippen molar-refractivity contribution in [1.82, 2.24) is 29.1 Å². The zero-order chi connectivity index (χ0) is 28.6. The van der Waals surface area contributed by atoms with Crippen LogP contribution in [-0.2, 0) is 14.8 Å². The highest BCUT2D eigenvalue weighted by atomic mass is 32.2. The lowest BCUT2D eigenvalue weighted by molar-refractivity contribution is 0.0518. The van der Waals surface area contributed by atoms with E-state index in [1.807, 2.05) is 0 Å². The summed E-state index contributed by atoms with van der Waals surface area (Å²) >= 11 is 0. The minimum Gasteiger partial charge on any atom is -0.505 e. The van der Waals surface area contributed by atoms with Crippen LogP contribution in [0, 0.1) is 5.82 Å². The number of aromatic hydroxyl groups is 1. The molecule has 0 aliphatic heterocycles. The lowest BCUT2D eigenvalue weighted by Crippen LogP contribution is -2.22. The van der Waals surface area contributed by atoms with E-state index >= 15 is 0 Å². The van der Waals surface area contributed by atoms with E-state index in [2.05, 4.69) is 15.2 Å². The second-order valence-corrected chi connectivity index (χ2v) is 10.9. The molecule has 11 nitrogen and oxygen atoms in total. The molecule has 0 fully saturated rings. The van der Waals surface area contributed by atoms with Gasteiger partial charge in [-0.3, -0.25) is 4.98 Å². The molecule has 2 aromatic carbocycles. The van der Waals surface area contributed by atoms with E-state index in [-0.39, 0.29) is 28.5 Å². The third-order valence-electron chi connectivity index (χ3n) is 6.09. The maximum absolute atomic E-state index is 14.0. The minimum atomic E-state index is -3.82. The molecule has 3 aromatic heterocycles. The van der Waals surface area contributed by atoms with Gasteiger partial charge >= 0.3 is 5.97 Å². The highest BCUT2D eigenvalue weighted by molar-refractivity contribution is 7.89. The number of phenolic OH excluding ortho intramolecular Hbond substituents is 1. The summed E-state index contributed by atoms with van der Waals surface area (Å²) < 4.78 is 47.4. The fourth-order valence-electron chi connectivity index (χ4n) is 4.16. The van der Waals surface area contributed by atoms with Crippen LogP contribution in [0.5, 0.6) is 5.75 Å². The van der Waals surface area contributed by atoms with E-state index in [1.54, 1.807) is 43.6 Å². The first-order chi connectivity index (χ1) is 19.1. The molecule has 0 unspecified atom stereocenters. The molecule has 0 saturated carbocycles. The molecule has 0 bridgehead atoms. The minimum absolute atomic E-state index is 0.0139. The summed E-state index contributed by atoms with van der Waals surface area (Å²) in [6.07, 6.45) is 3.13. The number of fused-ring (bicyclic) bond motifs is 1. The molecule has 0 amide bonds. The number of benzene rings is 2. The van der Waals surface area contributed by atoms with Gasteiger partial charge in [0.25, 0.3) is 0 Å². The Balaban J connectivity index is 1.89. The summed E-state index contributed by atoms with van der Waals surface area (Å²) in [6.45, 7) is 1.71. The molecule has 204 valence electrons. The van der Waals surface area contributed by atoms with Gasteiger partial charge in [-0.1, -0.05) is 18.2 Å². The molecule has 3 heterocycles. The van der Waals surface area contributed by atoms with Gasteiger partial charge in [0.2, 0.25) is 10.0 Å². The Bertz CT molecular complexity index is 1860. The topological polar surface area (TPSA) is 140 Å². The normalized spacial score (nSPS) is 11.7. The first-order valence-corrected chi connectivity index (χ1v) is 13.5. The lowest BCUT2D eigenvalue weighted by Gasteiger charge is -2.14. The molecule has 0 saturated heterocycles. The highest BCUT2D eigenvalue weighted by Crippen LogP contribution is 2.38. The van der Waals surface area contributed by atoms with Crippen LogP contribution in [0.1, 0.15) is 17.4 Å². The summed E-state index contributed by atoms with van der Waals surface area (Å²) in [5.41, 5.74) is 2.19. The van der Waals surface area contributed by atoms with E-state index in [9.17, 15) is 22.7 Å². The van der Waals surface area contributed by atoms with Crippen molar-refractivity contribution in [3.8, 4) is 39.4 Å². The van der Waals surface area contributed by atoms with E-state index in [4.69, 9.17) is 9.84 Å². The van der Waals surface area contributed by atoms with Crippen molar-refractivity contribution in [3.05, 3.63) is 78.5 Å². The number of hydrogen-bond acceptors (Lipinski definition) is 9. The van der Waals surface area contributed by atoms with Gasteiger partial charge in [-0.05, 0) is 48.9 Å². The monoisotopic (exact) mass is 562 g/mol. The first kappa shape index (κ1) is 26.8. The largest absolute Gasteiger partial charge is 0.505 e. The van der Waals surface area contributed by atoms with Gasteiger partial charge in [-0.25, -0.2) is 26.4 Å². The molecule has 13 heteroatoms. The summed E-state index contributed by atoms with van der Waals surface area (Å²) in [5.74, 6) is -2.16. The molecule has 1 N–H and O–H groups in total. The number of halogens is 1. The molecule has 5 aromatic rings. The predicted molar refractivity (Wildman–Crippen MR) is 143 cm³/mol. The Morgan fingerprint density at radius 1 is 1.02 bits per heavy atom. The molecule has 0 spiro atoms. The quantitative estimate of drug-likeness (QED) is 0.293. The van der Waals surface area contributed by atoms with E-state index in [0.29, 0.717) is 27.9 Å². The number of phenols is 1. The molecule has 0 atom stereocenters. The third-order valence-corrected chi connectivity index (χ3v) is 7.90. The summed E-state index contributed by atoms with van der Waals surface area (Å²) in [5, 5.41) is 23.3. The third kappa shape index (κ3) is 4.65. The van der Waals surface area contributed by atoms with Crippen LogP contribution in [0.4, 0.5) is 4.39 Å². The maximum Gasteiger partial charge on any atom is 0.361 e. The Morgan fingerprint density at radius 3 is 2.45 bits per heavy atom. The van der Waals surface area contributed by atoms with Crippen LogP contribution in [0.25, 0.3) is 39.3 Å². The standard InChI is InChI=1S/C27H23FN6O5S/c1-4-39-27(36)24-25(18-6-5-7-19(14-18)40(37,38)33(2)3)34-26(31-30-24)22(17-8-9-20(28)21(35)15-17)23(32-34)16-10-12-29-13-11-16/h5-15,35H,4H2,1-3H3. The smallest absolute Gasteiger partial charge is 0.361 e. The van der Waals surface area contributed by atoms with Crippen molar-refractivity contribution >= 4 is 21.6 Å². The van der Waals surface area contributed by atoms with E-state index in [0.717, 1.165) is 10.4 Å². The van der Waals surface area contributed by atoms with E-state index in [1.165, 1.54) is 42.9 Å². The maximum atomic E-state index is 14.0. The Labute approximate surface area is 228 Å². The number of esters is 1. The highest BCUT2D eigenvalue weighted by Gasteiger charge is 2.28. The number of ether oxygens (including phenoxy) is 1. The van der Waals surface area contributed by atoms with Crippen LogP contribution in [0.2, 0.25) is 0 Å². The van der Waals surface area contributed by atoms with Crippen molar-refractivity contribution in [2.24, 2.45) is 0 Å². The number of rotatable bonds is 7. The second kappa shape index (κ2) is 10.4. The Kier molecular flexibility index (Phi) is 7.00. The number of nitrogens with zero attached hydrogens (tertiary/aromatic N) is 6. The average Bonchev–Trinajstić information content (AvgIpc) is 3.34.